The molecule has 1 rings (SSSR count). The zero-order valence-corrected chi connectivity index (χ0v) is 46.9. The molecule has 0 aromatic rings. The summed E-state index contributed by atoms with van der Waals surface area (Å²) >= 11 is 0. The normalized spacial score (nSPS) is 18.4. The van der Waals surface area contributed by atoms with Gasteiger partial charge in [-0.05, 0) is 64.2 Å². The Morgan fingerprint density at radius 3 is 1.21 bits per heavy atom. The molecule has 6 atom stereocenters. The number of carbonyl (C=O) groups is 4. The van der Waals surface area contributed by atoms with Crippen molar-refractivity contribution >= 4 is 23.9 Å². The molecule has 1 saturated heterocycles. The van der Waals surface area contributed by atoms with E-state index < -0.39 is 67.3 Å². The SMILES string of the molecule is CCCC/C=C\CCCCCCCC(=O)OC1C(OCC(COC(=O)CCCCCCCCC/C=C\CCCCCCCC)OC(=O)CCCCCCCCCCCCCCCCC)OC(C(=O)O)C(O)C1O. The van der Waals surface area contributed by atoms with Gasteiger partial charge in [0.2, 0.25) is 0 Å². The summed E-state index contributed by atoms with van der Waals surface area (Å²) in [5, 5.41) is 31.4. The van der Waals surface area contributed by atoms with Crippen LogP contribution < -0.4 is 0 Å². The van der Waals surface area contributed by atoms with Crippen LogP contribution in [0.3, 0.4) is 0 Å². The Labute approximate surface area is 445 Å². The monoisotopic (exact) mass is 1030 g/mol. The molecule has 12 nitrogen and oxygen atoms in total. The fourth-order valence-corrected chi connectivity index (χ4v) is 9.29. The van der Waals surface area contributed by atoms with Gasteiger partial charge in [-0.1, -0.05) is 231 Å². The maximum absolute atomic E-state index is 13.1. The first-order valence-corrected chi connectivity index (χ1v) is 30.3. The molecule has 6 unspecified atom stereocenters. The highest BCUT2D eigenvalue weighted by Gasteiger charge is 2.50. The Balaban J connectivity index is 2.67. The Bertz CT molecular complexity index is 1370. The van der Waals surface area contributed by atoms with Crippen molar-refractivity contribution in [3.05, 3.63) is 24.3 Å². The molecule has 0 aromatic heterocycles. The third kappa shape index (κ3) is 40.2. The van der Waals surface area contributed by atoms with E-state index in [9.17, 15) is 34.5 Å². The Hall–Kier alpha value is -2.80. The summed E-state index contributed by atoms with van der Waals surface area (Å²) in [7, 11) is 0. The fraction of sp³-hybridized carbons (Fsp3) is 0.869. The van der Waals surface area contributed by atoms with Gasteiger partial charge in [0.1, 0.15) is 18.8 Å². The van der Waals surface area contributed by atoms with E-state index in [2.05, 4.69) is 45.1 Å². The highest BCUT2D eigenvalue weighted by molar-refractivity contribution is 5.74. The number of rotatable bonds is 52. The van der Waals surface area contributed by atoms with Gasteiger partial charge in [0.05, 0.1) is 6.61 Å². The zero-order chi connectivity index (χ0) is 53.3. The number of unbranched alkanes of at least 4 members (excludes halogenated alkanes) is 34. The second-order valence-corrected chi connectivity index (χ2v) is 21.0. The Morgan fingerprint density at radius 1 is 0.438 bits per heavy atom. The lowest BCUT2D eigenvalue weighted by Gasteiger charge is -2.40. The predicted molar refractivity (Wildman–Crippen MR) is 294 cm³/mol. The lowest BCUT2D eigenvalue weighted by molar-refractivity contribution is -0.301. The minimum Gasteiger partial charge on any atom is -0.479 e. The lowest BCUT2D eigenvalue weighted by atomic mass is 9.98. The Kier molecular flexibility index (Phi) is 46.8. The number of hydrogen-bond donors (Lipinski definition) is 3. The summed E-state index contributed by atoms with van der Waals surface area (Å²) in [5.74, 6) is -3.11. The standard InChI is InChI=1S/C61H110O12/c1-4-7-10-13-16-19-22-24-26-27-29-30-33-35-38-41-44-47-53(62)69-50-52(71-54(63)48-45-42-39-37-34-31-28-25-23-20-17-14-11-8-5-2)51-70-61-59(57(66)56(65)58(73-61)60(67)68)72-55(64)49-46-43-40-36-32-21-18-15-12-9-6-3/h15,18,24,26,52,56-59,61,65-66H,4-14,16-17,19-23,25,27-51H2,1-3H3,(H,67,68)/b18-15-,26-24-. The molecule has 1 fully saturated rings. The number of allylic oxidation sites excluding steroid dienone is 4. The first kappa shape index (κ1) is 68.2. The van der Waals surface area contributed by atoms with Gasteiger partial charge >= 0.3 is 23.9 Å². The van der Waals surface area contributed by atoms with E-state index in [1.807, 2.05) is 0 Å². The number of aliphatic hydroxyl groups excluding tert-OH is 2. The molecule has 1 aliphatic heterocycles. The van der Waals surface area contributed by atoms with Crippen LogP contribution in [-0.2, 0) is 42.9 Å². The largest absolute Gasteiger partial charge is 0.479 e. The molecule has 3 N–H and O–H groups in total. The quantitative estimate of drug-likeness (QED) is 0.0228. The van der Waals surface area contributed by atoms with Gasteiger partial charge in [-0.2, -0.15) is 0 Å². The molecule has 0 aromatic carbocycles. The van der Waals surface area contributed by atoms with Crippen LogP contribution >= 0.6 is 0 Å². The van der Waals surface area contributed by atoms with Crippen molar-refractivity contribution in [3.63, 3.8) is 0 Å². The highest BCUT2D eigenvalue weighted by atomic mass is 16.7. The van der Waals surface area contributed by atoms with Crippen LogP contribution in [0, 0.1) is 0 Å². The van der Waals surface area contributed by atoms with Gasteiger partial charge < -0.3 is 39.0 Å². The van der Waals surface area contributed by atoms with E-state index in [1.54, 1.807) is 0 Å². The van der Waals surface area contributed by atoms with E-state index in [-0.39, 0.29) is 25.9 Å². The molecule has 12 heteroatoms. The molecule has 0 saturated carbocycles. The van der Waals surface area contributed by atoms with Gasteiger partial charge in [0.15, 0.2) is 24.6 Å². The molecule has 0 aliphatic carbocycles. The smallest absolute Gasteiger partial charge is 0.335 e. The molecule has 0 radical (unpaired) electrons. The molecular weight excluding hydrogens is 925 g/mol. The van der Waals surface area contributed by atoms with Crippen molar-refractivity contribution in [2.24, 2.45) is 0 Å². The number of carbonyl (C=O) groups excluding carboxylic acids is 3. The summed E-state index contributed by atoms with van der Waals surface area (Å²) < 4.78 is 28.4. The molecule has 1 aliphatic rings. The van der Waals surface area contributed by atoms with Gasteiger partial charge in [0.25, 0.3) is 0 Å². The van der Waals surface area contributed by atoms with Crippen molar-refractivity contribution in [3.8, 4) is 0 Å². The van der Waals surface area contributed by atoms with E-state index >= 15 is 0 Å². The van der Waals surface area contributed by atoms with Crippen LogP contribution in [0.2, 0.25) is 0 Å². The average molecular weight is 1040 g/mol. The average Bonchev–Trinajstić information content (AvgIpc) is 3.37. The maximum Gasteiger partial charge on any atom is 0.335 e. The number of ether oxygens (including phenoxy) is 5. The second kappa shape index (κ2) is 50.0. The molecule has 1 heterocycles. The van der Waals surface area contributed by atoms with Crippen LogP contribution in [0.1, 0.15) is 290 Å². The van der Waals surface area contributed by atoms with Crippen LogP contribution in [0.15, 0.2) is 24.3 Å². The zero-order valence-electron chi connectivity index (χ0n) is 46.9. The number of esters is 3. The second-order valence-electron chi connectivity index (χ2n) is 21.0. The third-order valence-electron chi connectivity index (χ3n) is 14.0. The van der Waals surface area contributed by atoms with Gasteiger partial charge in [0, 0.05) is 19.3 Å². The number of carboxylic acids is 1. The first-order chi connectivity index (χ1) is 35.6. The van der Waals surface area contributed by atoms with Crippen molar-refractivity contribution in [1.29, 1.82) is 0 Å². The Morgan fingerprint density at radius 2 is 0.795 bits per heavy atom. The number of aliphatic carboxylic acids is 1. The van der Waals surface area contributed by atoms with Crippen LogP contribution in [-0.4, -0.2) is 89.2 Å². The minimum absolute atomic E-state index is 0.0536. The number of hydrogen-bond acceptors (Lipinski definition) is 11. The van der Waals surface area contributed by atoms with Gasteiger partial charge in [-0.25, -0.2) is 4.79 Å². The highest BCUT2D eigenvalue weighted by Crippen LogP contribution is 2.27. The molecule has 73 heavy (non-hydrogen) atoms. The fourth-order valence-electron chi connectivity index (χ4n) is 9.29. The number of aliphatic hydroxyl groups is 2. The summed E-state index contributed by atoms with van der Waals surface area (Å²) in [6, 6.07) is 0. The van der Waals surface area contributed by atoms with E-state index in [4.69, 9.17) is 23.7 Å². The van der Waals surface area contributed by atoms with E-state index in [0.717, 1.165) is 83.5 Å². The van der Waals surface area contributed by atoms with E-state index in [0.29, 0.717) is 19.3 Å². The van der Waals surface area contributed by atoms with Crippen molar-refractivity contribution in [2.45, 2.75) is 327 Å². The number of carboxylic acid groups (broad SMARTS) is 1. The molecule has 0 bridgehead atoms. The maximum atomic E-state index is 13.1. The van der Waals surface area contributed by atoms with Crippen molar-refractivity contribution in [1.82, 2.24) is 0 Å². The first-order valence-electron chi connectivity index (χ1n) is 30.3. The van der Waals surface area contributed by atoms with Crippen LogP contribution in [0.5, 0.6) is 0 Å². The summed E-state index contributed by atoms with van der Waals surface area (Å²) in [5.41, 5.74) is 0. The van der Waals surface area contributed by atoms with Gasteiger partial charge in [-0.15, -0.1) is 0 Å². The van der Waals surface area contributed by atoms with Crippen molar-refractivity contribution in [2.75, 3.05) is 13.2 Å². The molecular formula is C61H110O12. The predicted octanol–water partition coefficient (Wildman–Crippen LogP) is 15.5. The topological polar surface area (TPSA) is 175 Å². The van der Waals surface area contributed by atoms with Crippen LogP contribution in [0.4, 0.5) is 0 Å². The van der Waals surface area contributed by atoms with E-state index in [1.165, 1.54) is 148 Å². The third-order valence-corrected chi connectivity index (χ3v) is 14.0. The van der Waals surface area contributed by atoms with Crippen LogP contribution in [0.25, 0.3) is 0 Å². The van der Waals surface area contributed by atoms with Crippen molar-refractivity contribution < 1.29 is 58.2 Å². The molecule has 0 amide bonds. The summed E-state index contributed by atoms with van der Waals surface area (Å²) in [6.45, 7) is 5.97. The summed E-state index contributed by atoms with van der Waals surface area (Å²) in [4.78, 5) is 51.1. The lowest BCUT2D eigenvalue weighted by Crippen LogP contribution is -2.61. The molecule has 0 spiro atoms. The molecule has 426 valence electrons. The summed E-state index contributed by atoms with van der Waals surface area (Å²) in [6.07, 6.45) is 44.4. The minimum atomic E-state index is -1.90. The van der Waals surface area contributed by atoms with Gasteiger partial charge in [-0.3, -0.25) is 14.4 Å².